The highest BCUT2D eigenvalue weighted by molar-refractivity contribution is 6.00. The Morgan fingerprint density at radius 2 is 1.67 bits per heavy atom. The number of carbonyl (C=O) groups is 1. The molecule has 1 aromatic rings. The summed E-state index contributed by atoms with van der Waals surface area (Å²) in [7, 11) is 0. The second kappa shape index (κ2) is 3.28. The maximum atomic E-state index is 12.7. The minimum atomic E-state index is 0.368. The number of rotatable bonds is 2. The van der Waals surface area contributed by atoms with Crippen molar-refractivity contribution < 1.29 is 4.79 Å². The van der Waals surface area contributed by atoms with Gasteiger partial charge in [0, 0.05) is 11.6 Å². The fourth-order valence-electron chi connectivity index (χ4n) is 4.93. The molecule has 4 rings (SSSR count). The van der Waals surface area contributed by atoms with Gasteiger partial charge in [0.15, 0.2) is 5.78 Å². The minimum Gasteiger partial charge on any atom is -0.356 e. The van der Waals surface area contributed by atoms with E-state index in [1.165, 1.54) is 30.4 Å². The van der Waals surface area contributed by atoms with Crippen molar-refractivity contribution in [2.75, 3.05) is 0 Å². The van der Waals surface area contributed by atoms with Gasteiger partial charge in [0.05, 0.1) is 5.69 Å². The van der Waals surface area contributed by atoms with Crippen LogP contribution in [0, 0.1) is 50.4 Å². The molecule has 4 atom stereocenters. The Hall–Kier alpha value is -1.05. The molecule has 0 saturated heterocycles. The van der Waals surface area contributed by atoms with Crippen LogP contribution in [0.15, 0.2) is 0 Å². The summed E-state index contributed by atoms with van der Waals surface area (Å²) in [4.78, 5) is 16.0. The van der Waals surface area contributed by atoms with Gasteiger partial charge in [-0.3, -0.25) is 4.79 Å². The fourth-order valence-corrected chi connectivity index (χ4v) is 4.93. The van der Waals surface area contributed by atoms with E-state index in [9.17, 15) is 4.79 Å². The van der Waals surface area contributed by atoms with Gasteiger partial charge in [0.25, 0.3) is 0 Å². The van der Waals surface area contributed by atoms with Crippen molar-refractivity contribution in [2.45, 2.75) is 40.0 Å². The molecule has 1 heterocycles. The van der Waals surface area contributed by atoms with Crippen LogP contribution in [0.3, 0.4) is 0 Å². The van der Waals surface area contributed by atoms with Crippen molar-refractivity contribution in [3.05, 3.63) is 22.5 Å². The first-order valence-corrected chi connectivity index (χ1v) is 7.29. The lowest BCUT2D eigenvalue weighted by molar-refractivity contribution is 0.0939. The van der Waals surface area contributed by atoms with Crippen LogP contribution in [-0.4, -0.2) is 10.8 Å². The molecular weight excluding hydrogens is 222 g/mol. The number of carbonyl (C=O) groups excluding carboxylic acids is 1. The van der Waals surface area contributed by atoms with E-state index in [1.54, 1.807) is 0 Å². The van der Waals surface area contributed by atoms with Crippen LogP contribution < -0.4 is 0 Å². The van der Waals surface area contributed by atoms with Crippen molar-refractivity contribution in [1.82, 2.24) is 4.98 Å². The average Bonchev–Trinajstić information content (AvgIpc) is 2.65. The lowest BCUT2D eigenvalue weighted by Crippen LogP contribution is -2.11. The molecule has 4 unspecified atom stereocenters. The lowest BCUT2D eigenvalue weighted by atomic mass is 9.97. The van der Waals surface area contributed by atoms with E-state index >= 15 is 0 Å². The molecule has 0 spiro atoms. The standard InChI is InChI=1S/C16H21NO/c1-7-8(2)15(17-9(7)3)16(18)14-12-10-4-5-11(6-10)13(12)14/h10-14,17H,4-6H2,1-3H3. The number of fused-ring (bicyclic) bond motifs is 5. The van der Waals surface area contributed by atoms with Crippen LogP contribution in [0.4, 0.5) is 0 Å². The number of H-pyrrole nitrogens is 1. The summed E-state index contributed by atoms with van der Waals surface area (Å²) in [6.07, 6.45) is 4.19. The van der Waals surface area contributed by atoms with E-state index in [0.29, 0.717) is 11.7 Å². The molecule has 3 fully saturated rings. The number of nitrogens with one attached hydrogen (secondary N) is 1. The van der Waals surface area contributed by atoms with Gasteiger partial charge in [-0.2, -0.15) is 0 Å². The number of aryl methyl sites for hydroxylation is 1. The molecule has 1 N–H and O–H groups in total. The predicted octanol–water partition coefficient (Wildman–Crippen LogP) is 3.41. The molecule has 3 aliphatic carbocycles. The number of Topliss-reactive ketones (excluding diaryl/α,β-unsaturated/α-hetero) is 1. The molecule has 1 aromatic heterocycles. The summed E-state index contributed by atoms with van der Waals surface area (Å²) in [6.45, 7) is 6.25. The molecule has 0 aliphatic heterocycles. The Labute approximate surface area is 108 Å². The van der Waals surface area contributed by atoms with Crippen molar-refractivity contribution >= 4 is 5.78 Å². The van der Waals surface area contributed by atoms with Crippen molar-refractivity contribution in [3.63, 3.8) is 0 Å². The summed E-state index contributed by atoms with van der Waals surface area (Å²) in [5.74, 6) is 4.04. The van der Waals surface area contributed by atoms with Crippen molar-refractivity contribution in [3.8, 4) is 0 Å². The second-order valence-corrected chi connectivity index (χ2v) is 6.75. The third kappa shape index (κ3) is 1.17. The van der Waals surface area contributed by atoms with Crippen LogP contribution in [0.1, 0.15) is 46.6 Å². The van der Waals surface area contributed by atoms with Crippen LogP contribution >= 0.6 is 0 Å². The van der Waals surface area contributed by atoms with E-state index in [0.717, 1.165) is 35.1 Å². The normalized spacial score (nSPS) is 40.1. The topological polar surface area (TPSA) is 32.9 Å². The van der Waals surface area contributed by atoms with E-state index in [2.05, 4.69) is 25.8 Å². The Morgan fingerprint density at radius 3 is 2.17 bits per heavy atom. The van der Waals surface area contributed by atoms with Gasteiger partial charge in [-0.1, -0.05) is 0 Å². The molecule has 3 saturated carbocycles. The number of hydrogen-bond donors (Lipinski definition) is 1. The molecule has 0 aromatic carbocycles. The van der Waals surface area contributed by atoms with Gasteiger partial charge in [-0.05, 0) is 74.8 Å². The smallest absolute Gasteiger partial charge is 0.182 e. The van der Waals surface area contributed by atoms with Gasteiger partial charge >= 0.3 is 0 Å². The zero-order valence-corrected chi connectivity index (χ0v) is 11.4. The van der Waals surface area contributed by atoms with Crippen molar-refractivity contribution in [2.24, 2.45) is 29.6 Å². The average molecular weight is 243 g/mol. The van der Waals surface area contributed by atoms with E-state index in [-0.39, 0.29) is 0 Å². The quantitative estimate of drug-likeness (QED) is 0.793. The summed E-state index contributed by atoms with van der Waals surface area (Å²) in [6, 6.07) is 0. The third-order valence-electron chi connectivity index (χ3n) is 6.10. The fraction of sp³-hybridized carbons (Fsp3) is 0.688. The van der Waals surface area contributed by atoms with E-state index < -0.39 is 0 Å². The zero-order chi connectivity index (χ0) is 12.6. The van der Waals surface area contributed by atoms with Crippen LogP contribution in [0.5, 0.6) is 0 Å². The Balaban J connectivity index is 1.64. The van der Waals surface area contributed by atoms with Crippen molar-refractivity contribution in [1.29, 1.82) is 0 Å². The molecule has 96 valence electrons. The largest absolute Gasteiger partial charge is 0.356 e. The Morgan fingerprint density at radius 1 is 1.06 bits per heavy atom. The van der Waals surface area contributed by atoms with E-state index in [1.807, 2.05) is 0 Å². The highest BCUT2D eigenvalue weighted by Gasteiger charge is 2.67. The molecule has 2 bridgehead atoms. The molecule has 3 aliphatic rings. The van der Waals surface area contributed by atoms with Gasteiger partial charge in [0.2, 0.25) is 0 Å². The molecule has 0 radical (unpaired) electrons. The third-order valence-corrected chi connectivity index (χ3v) is 6.10. The minimum absolute atomic E-state index is 0.368. The highest BCUT2D eigenvalue weighted by atomic mass is 16.1. The number of aromatic nitrogens is 1. The van der Waals surface area contributed by atoms with Gasteiger partial charge in [-0.25, -0.2) is 0 Å². The maximum Gasteiger partial charge on any atom is 0.182 e. The summed E-state index contributed by atoms with van der Waals surface area (Å²) in [5, 5.41) is 0. The molecule has 18 heavy (non-hydrogen) atoms. The number of hydrogen-bond acceptors (Lipinski definition) is 1. The first-order chi connectivity index (χ1) is 8.59. The van der Waals surface area contributed by atoms with Gasteiger partial charge < -0.3 is 4.98 Å². The summed E-state index contributed by atoms with van der Waals surface area (Å²) >= 11 is 0. The van der Waals surface area contributed by atoms with E-state index in [4.69, 9.17) is 0 Å². The summed E-state index contributed by atoms with van der Waals surface area (Å²) < 4.78 is 0. The monoisotopic (exact) mass is 243 g/mol. The maximum absolute atomic E-state index is 12.7. The first kappa shape index (κ1) is 10.8. The highest BCUT2D eigenvalue weighted by Crippen LogP contribution is 2.69. The van der Waals surface area contributed by atoms with Gasteiger partial charge in [0.1, 0.15) is 0 Å². The first-order valence-electron chi connectivity index (χ1n) is 7.29. The molecule has 0 amide bonds. The molecule has 2 nitrogen and oxygen atoms in total. The predicted molar refractivity (Wildman–Crippen MR) is 70.6 cm³/mol. The van der Waals surface area contributed by atoms with Crippen LogP contribution in [0.25, 0.3) is 0 Å². The SMILES string of the molecule is Cc1[nH]c(C(=O)C2C3C4CCC(C4)C23)c(C)c1C. The number of ketones is 1. The van der Waals surface area contributed by atoms with Crippen LogP contribution in [0.2, 0.25) is 0 Å². The zero-order valence-electron chi connectivity index (χ0n) is 11.4. The van der Waals surface area contributed by atoms with Crippen LogP contribution in [-0.2, 0) is 0 Å². The second-order valence-electron chi connectivity index (χ2n) is 6.75. The molecular formula is C16H21NO. The Kier molecular flexibility index (Phi) is 1.98. The molecule has 2 heteroatoms. The lowest BCUT2D eigenvalue weighted by Gasteiger charge is -2.07. The summed E-state index contributed by atoms with van der Waals surface area (Å²) in [5.41, 5.74) is 4.50. The number of aromatic amines is 1. The Bertz CT molecular complexity index is 526. The van der Waals surface area contributed by atoms with Gasteiger partial charge in [-0.15, -0.1) is 0 Å².